The summed E-state index contributed by atoms with van der Waals surface area (Å²) in [6.45, 7) is 2.33. The van der Waals surface area contributed by atoms with Gasteiger partial charge in [0.25, 0.3) is 0 Å². The van der Waals surface area contributed by atoms with Crippen molar-refractivity contribution in [1.29, 1.82) is 0 Å². The van der Waals surface area contributed by atoms with Crippen LogP contribution >= 0.6 is 11.8 Å². The molecule has 1 heteroatoms. The summed E-state index contributed by atoms with van der Waals surface area (Å²) in [4.78, 5) is 1.38. The third-order valence-electron chi connectivity index (χ3n) is 4.01. The van der Waals surface area contributed by atoms with E-state index in [-0.39, 0.29) is 0 Å². The Labute approximate surface area is 104 Å². The number of hydrogen-bond acceptors (Lipinski definition) is 1. The molecule has 0 aliphatic heterocycles. The highest BCUT2D eigenvalue weighted by molar-refractivity contribution is 7.98. The zero-order valence-electron chi connectivity index (χ0n) is 10.4. The van der Waals surface area contributed by atoms with Crippen molar-refractivity contribution < 1.29 is 0 Å². The molecule has 1 aromatic rings. The van der Waals surface area contributed by atoms with E-state index in [2.05, 4.69) is 37.4 Å². The lowest BCUT2D eigenvalue weighted by Crippen LogP contribution is -2.12. The highest BCUT2D eigenvalue weighted by atomic mass is 32.2. The molecule has 1 aliphatic carbocycles. The summed E-state index contributed by atoms with van der Waals surface area (Å²) in [5.74, 6) is 1.83. The highest BCUT2D eigenvalue weighted by Gasteiger charge is 2.20. The first-order chi connectivity index (χ1) is 7.83. The van der Waals surface area contributed by atoms with E-state index in [1.807, 2.05) is 11.8 Å². The van der Waals surface area contributed by atoms with E-state index in [0.717, 1.165) is 11.8 Å². The molecule has 1 fully saturated rings. The number of hydrogen-bond donors (Lipinski definition) is 0. The minimum atomic E-state index is 0.832. The maximum atomic E-state index is 2.34. The molecule has 0 amide bonds. The molecule has 1 saturated carbocycles. The Balaban J connectivity index is 1.97. The Morgan fingerprint density at radius 1 is 1.06 bits per heavy atom. The van der Waals surface area contributed by atoms with Crippen LogP contribution < -0.4 is 0 Å². The molecule has 0 aromatic heterocycles. The van der Waals surface area contributed by atoms with Crippen LogP contribution in [0.25, 0.3) is 0 Å². The van der Waals surface area contributed by atoms with Gasteiger partial charge in [-0.05, 0) is 61.5 Å². The molecule has 0 nitrogen and oxygen atoms in total. The van der Waals surface area contributed by atoms with Crippen molar-refractivity contribution in [2.45, 2.75) is 49.8 Å². The van der Waals surface area contributed by atoms with Crippen molar-refractivity contribution in [2.75, 3.05) is 6.26 Å². The van der Waals surface area contributed by atoms with E-state index in [4.69, 9.17) is 0 Å². The van der Waals surface area contributed by atoms with Gasteiger partial charge >= 0.3 is 0 Å². The average molecular weight is 234 g/mol. The number of rotatable bonds is 3. The van der Waals surface area contributed by atoms with Gasteiger partial charge in [-0.25, -0.2) is 0 Å². The second-order valence-corrected chi connectivity index (χ2v) is 5.78. The first-order valence-corrected chi connectivity index (χ1v) is 7.70. The van der Waals surface area contributed by atoms with Crippen LogP contribution in [0.15, 0.2) is 29.2 Å². The molecule has 0 unspecified atom stereocenters. The van der Waals surface area contributed by atoms with Crippen molar-refractivity contribution in [2.24, 2.45) is 5.92 Å². The van der Waals surface area contributed by atoms with Gasteiger partial charge in [-0.3, -0.25) is 0 Å². The lowest BCUT2D eigenvalue weighted by Gasteiger charge is -2.28. The summed E-state index contributed by atoms with van der Waals surface area (Å²) in [5.41, 5.74) is 1.56. The Morgan fingerprint density at radius 3 is 2.19 bits per heavy atom. The summed E-state index contributed by atoms with van der Waals surface area (Å²) in [6.07, 6.45) is 9.19. The summed E-state index contributed by atoms with van der Waals surface area (Å²) in [6, 6.07) is 9.21. The molecule has 16 heavy (non-hydrogen) atoms. The molecule has 0 bridgehead atoms. The van der Waals surface area contributed by atoms with Gasteiger partial charge in [-0.1, -0.05) is 25.5 Å². The molecule has 0 heterocycles. The topological polar surface area (TPSA) is 0 Å². The van der Waals surface area contributed by atoms with E-state index >= 15 is 0 Å². The summed E-state index contributed by atoms with van der Waals surface area (Å²) >= 11 is 1.83. The van der Waals surface area contributed by atoms with E-state index in [1.54, 1.807) is 5.56 Å². The summed E-state index contributed by atoms with van der Waals surface area (Å²) < 4.78 is 0. The fraction of sp³-hybridized carbons (Fsp3) is 0.600. The Morgan fingerprint density at radius 2 is 1.69 bits per heavy atom. The monoisotopic (exact) mass is 234 g/mol. The molecule has 0 radical (unpaired) electrons. The predicted molar refractivity (Wildman–Crippen MR) is 73.2 cm³/mol. The van der Waals surface area contributed by atoms with E-state index in [9.17, 15) is 0 Å². The van der Waals surface area contributed by atoms with Gasteiger partial charge in [-0.15, -0.1) is 11.8 Å². The Hall–Kier alpha value is -0.430. The largest absolute Gasteiger partial charge is 0.130 e. The van der Waals surface area contributed by atoms with Gasteiger partial charge in [0, 0.05) is 4.90 Å². The third kappa shape index (κ3) is 2.82. The Kier molecular flexibility index (Phi) is 4.34. The maximum absolute atomic E-state index is 2.34. The molecule has 1 aliphatic rings. The summed E-state index contributed by atoms with van der Waals surface area (Å²) in [7, 11) is 0. The van der Waals surface area contributed by atoms with Gasteiger partial charge in [0.2, 0.25) is 0 Å². The van der Waals surface area contributed by atoms with Crippen LogP contribution in [-0.2, 0) is 0 Å². The number of benzene rings is 1. The lowest BCUT2D eigenvalue weighted by molar-refractivity contribution is 0.319. The van der Waals surface area contributed by atoms with Crippen LogP contribution in [0.4, 0.5) is 0 Å². The van der Waals surface area contributed by atoms with Gasteiger partial charge < -0.3 is 0 Å². The molecular weight excluding hydrogens is 212 g/mol. The molecule has 0 N–H and O–H groups in total. The van der Waals surface area contributed by atoms with Gasteiger partial charge in [0.1, 0.15) is 0 Å². The van der Waals surface area contributed by atoms with Gasteiger partial charge in [-0.2, -0.15) is 0 Å². The minimum absolute atomic E-state index is 0.832. The van der Waals surface area contributed by atoms with Crippen molar-refractivity contribution in [3.63, 3.8) is 0 Å². The highest BCUT2D eigenvalue weighted by Crippen LogP contribution is 2.37. The zero-order valence-corrected chi connectivity index (χ0v) is 11.2. The smallest absolute Gasteiger partial charge is 0.00693 e. The maximum Gasteiger partial charge on any atom is 0.00693 e. The van der Waals surface area contributed by atoms with Crippen LogP contribution in [-0.4, -0.2) is 6.26 Å². The molecular formula is C15H22S. The standard InChI is InChI=1S/C15H22S/c1-3-12-4-6-13(7-5-12)14-8-10-15(16-2)11-9-14/h8-13H,3-7H2,1-2H3. The fourth-order valence-corrected chi connectivity index (χ4v) is 3.19. The lowest BCUT2D eigenvalue weighted by atomic mass is 9.78. The normalized spacial score (nSPS) is 25.6. The van der Waals surface area contributed by atoms with Crippen LogP contribution in [0.2, 0.25) is 0 Å². The quantitative estimate of drug-likeness (QED) is 0.656. The first-order valence-electron chi connectivity index (χ1n) is 6.47. The molecule has 1 aromatic carbocycles. The molecule has 0 atom stereocenters. The van der Waals surface area contributed by atoms with Crippen LogP contribution in [0, 0.1) is 5.92 Å². The molecule has 0 saturated heterocycles. The first kappa shape index (κ1) is 12.0. The molecule has 0 spiro atoms. The zero-order chi connectivity index (χ0) is 11.4. The minimum Gasteiger partial charge on any atom is -0.130 e. The number of thioether (sulfide) groups is 1. The Bertz CT molecular complexity index is 307. The van der Waals surface area contributed by atoms with Crippen LogP contribution in [0.5, 0.6) is 0 Å². The van der Waals surface area contributed by atoms with E-state index in [0.29, 0.717) is 0 Å². The van der Waals surface area contributed by atoms with Crippen LogP contribution in [0.3, 0.4) is 0 Å². The third-order valence-corrected chi connectivity index (χ3v) is 4.75. The molecule has 2 rings (SSSR count). The second-order valence-electron chi connectivity index (χ2n) is 4.90. The average Bonchev–Trinajstić information content (AvgIpc) is 2.39. The van der Waals surface area contributed by atoms with Crippen molar-refractivity contribution in [1.82, 2.24) is 0 Å². The SMILES string of the molecule is CCC1CCC(c2ccc(SC)cc2)CC1. The van der Waals surface area contributed by atoms with Crippen LogP contribution in [0.1, 0.15) is 50.5 Å². The summed E-state index contributed by atoms with van der Waals surface area (Å²) in [5, 5.41) is 0. The predicted octanol–water partition coefficient (Wildman–Crippen LogP) is 5.09. The van der Waals surface area contributed by atoms with E-state index in [1.165, 1.54) is 37.0 Å². The second kappa shape index (κ2) is 5.77. The van der Waals surface area contributed by atoms with Gasteiger partial charge in [0.15, 0.2) is 0 Å². The van der Waals surface area contributed by atoms with E-state index < -0.39 is 0 Å². The fourth-order valence-electron chi connectivity index (χ4n) is 2.78. The van der Waals surface area contributed by atoms with Crippen molar-refractivity contribution in [3.8, 4) is 0 Å². The van der Waals surface area contributed by atoms with Crippen molar-refractivity contribution in [3.05, 3.63) is 29.8 Å². The van der Waals surface area contributed by atoms with Gasteiger partial charge in [0.05, 0.1) is 0 Å². The van der Waals surface area contributed by atoms with Crippen molar-refractivity contribution >= 4 is 11.8 Å². The molecule has 88 valence electrons.